The molecule has 0 heterocycles. The highest BCUT2D eigenvalue weighted by Gasteiger charge is 2.29. The van der Waals surface area contributed by atoms with Crippen molar-refractivity contribution in [1.29, 1.82) is 0 Å². The Labute approximate surface area is 220 Å². The summed E-state index contributed by atoms with van der Waals surface area (Å²) in [7, 11) is 0. The van der Waals surface area contributed by atoms with Gasteiger partial charge in [-0.2, -0.15) is 0 Å². The highest BCUT2D eigenvalue weighted by molar-refractivity contribution is 6.40. The molecule has 3 aromatic carbocycles. The lowest BCUT2D eigenvalue weighted by atomic mass is 9.94. The summed E-state index contributed by atoms with van der Waals surface area (Å²) in [6.07, 6.45) is -0.966. The second-order valence-corrected chi connectivity index (χ2v) is 11.2. The van der Waals surface area contributed by atoms with Crippen molar-refractivity contribution in [2.45, 2.75) is 43.5 Å². The van der Waals surface area contributed by atoms with Crippen LogP contribution in [-0.4, -0.2) is 33.1 Å². The van der Waals surface area contributed by atoms with Crippen LogP contribution in [0.5, 0.6) is 0 Å². The molecule has 0 amide bonds. The number of hydrogen-bond acceptors (Lipinski definition) is 5. The molecule has 0 saturated heterocycles. The largest absolute Gasteiger partial charge is 0.447 e. The van der Waals surface area contributed by atoms with Crippen LogP contribution in [0.3, 0.4) is 0 Å². The van der Waals surface area contributed by atoms with Crippen LogP contribution in [0.1, 0.15) is 76.0 Å². The topological polar surface area (TPSA) is 77.5 Å². The predicted octanol–water partition coefficient (Wildman–Crippen LogP) is 6.60. The number of ether oxygens (including phenoxy) is 1. The number of benzene rings is 3. The first-order valence-corrected chi connectivity index (χ1v) is 12.0. The van der Waals surface area contributed by atoms with Gasteiger partial charge in [0.15, 0.2) is 17.7 Å². The minimum absolute atomic E-state index is 0.205. The Hall–Kier alpha value is -3.28. The second-order valence-electron chi connectivity index (χ2n) is 9.33. The number of carbonyl (C=O) groups is 4. The average Bonchev–Trinajstić information content (AvgIpc) is 2.85. The molecule has 5 nitrogen and oxygen atoms in total. The van der Waals surface area contributed by atoms with Crippen LogP contribution in [0.25, 0.3) is 0 Å². The van der Waals surface area contributed by atoms with Gasteiger partial charge in [0.1, 0.15) is 9.75 Å². The highest BCUT2D eigenvalue weighted by atomic mass is 35.5. The van der Waals surface area contributed by atoms with Gasteiger partial charge in [0.25, 0.3) is 5.78 Å². The third-order valence-corrected chi connectivity index (χ3v) is 5.82. The van der Waals surface area contributed by atoms with E-state index >= 15 is 0 Å². The predicted molar refractivity (Wildman–Crippen MR) is 140 cm³/mol. The van der Waals surface area contributed by atoms with Crippen LogP contribution in [0, 0.1) is 0 Å². The molecule has 0 aliphatic rings. The molecular formula is C29H26Cl2O5. The summed E-state index contributed by atoms with van der Waals surface area (Å²) >= 11 is 12.3. The average molecular weight is 525 g/mol. The van der Waals surface area contributed by atoms with Gasteiger partial charge in [0, 0.05) is 16.7 Å². The minimum atomic E-state index is -1.08. The Morgan fingerprint density at radius 2 is 1.00 bits per heavy atom. The van der Waals surface area contributed by atoms with Gasteiger partial charge in [-0.25, -0.2) is 4.79 Å². The number of esters is 1. The van der Waals surface area contributed by atoms with Gasteiger partial charge in [-0.3, -0.25) is 14.4 Å². The van der Waals surface area contributed by atoms with E-state index < -0.39 is 27.6 Å². The van der Waals surface area contributed by atoms with Crippen molar-refractivity contribution >= 4 is 46.5 Å². The Kier molecular flexibility index (Phi) is 8.17. The van der Waals surface area contributed by atoms with E-state index in [4.69, 9.17) is 27.9 Å². The molecule has 0 spiro atoms. The van der Waals surface area contributed by atoms with E-state index in [1.807, 2.05) is 0 Å². The van der Waals surface area contributed by atoms with Crippen molar-refractivity contribution in [2.24, 2.45) is 0 Å². The zero-order valence-corrected chi connectivity index (χ0v) is 21.9. The summed E-state index contributed by atoms with van der Waals surface area (Å²) in [6.45, 7) is 6.43. The zero-order valence-electron chi connectivity index (χ0n) is 20.4. The first-order chi connectivity index (χ1) is 16.8. The molecule has 7 heteroatoms. The highest BCUT2D eigenvalue weighted by Crippen LogP contribution is 2.30. The Bertz CT molecular complexity index is 1200. The van der Waals surface area contributed by atoms with Crippen LogP contribution >= 0.6 is 23.2 Å². The first kappa shape index (κ1) is 27.3. The van der Waals surface area contributed by atoms with Crippen molar-refractivity contribution in [2.75, 3.05) is 0 Å². The van der Waals surface area contributed by atoms with Gasteiger partial charge in [0.05, 0.1) is 0 Å². The number of alkyl halides is 2. The van der Waals surface area contributed by atoms with Crippen molar-refractivity contribution in [1.82, 2.24) is 0 Å². The fourth-order valence-electron chi connectivity index (χ4n) is 3.50. The third-order valence-electron chi connectivity index (χ3n) is 5.48. The monoisotopic (exact) mass is 524 g/mol. The van der Waals surface area contributed by atoms with Gasteiger partial charge < -0.3 is 4.74 Å². The van der Waals surface area contributed by atoms with E-state index in [1.54, 1.807) is 94.4 Å². The molecule has 0 bridgehead atoms. The molecule has 0 saturated carbocycles. The lowest BCUT2D eigenvalue weighted by Gasteiger charge is -2.20. The molecule has 0 aliphatic carbocycles. The number of ketones is 3. The Morgan fingerprint density at radius 3 is 1.36 bits per heavy atom. The number of hydrogen-bond donors (Lipinski definition) is 0. The normalized spacial score (nSPS) is 11.8. The minimum Gasteiger partial charge on any atom is -0.447 e. The molecule has 0 aliphatic heterocycles. The van der Waals surface area contributed by atoms with Gasteiger partial charge in [-0.05, 0) is 38.8 Å². The van der Waals surface area contributed by atoms with E-state index in [2.05, 4.69) is 0 Å². The van der Waals surface area contributed by atoms with E-state index in [0.29, 0.717) is 22.3 Å². The van der Waals surface area contributed by atoms with Crippen LogP contribution in [0.4, 0.5) is 0 Å². The Balaban J connectivity index is 1.97. The van der Waals surface area contributed by atoms with E-state index in [-0.39, 0.29) is 17.1 Å². The maximum atomic E-state index is 12.8. The first-order valence-electron chi connectivity index (χ1n) is 11.3. The SMILES string of the molecule is CC(C)(Cl)C(=O)c1ccc(C(OC(=O)C(=O)c2ccccc2)c2ccc(C(=O)C(C)(C)Cl)cc2)cc1. The third kappa shape index (κ3) is 6.48. The molecule has 0 N–H and O–H groups in total. The van der Waals surface area contributed by atoms with Crippen LogP contribution < -0.4 is 0 Å². The van der Waals surface area contributed by atoms with E-state index in [0.717, 1.165) is 0 Å². The number of carbonyl (C=O) groups excluding carboxylic acids is 4. The quantitative estimate of drug-likeness (QED) is 0.136. The molecule has 0 radical (unpaired) electrons. The van der Waals surface area contributed by atoms with Crippen molar-refractivity contribution in [3.05, 3.63) is 107 Å². The molecule has 0 unspecified atom stereocenters. The molecule has 3 rings (SSSR count). The number of halogens is 2. The second kappa shape index (κ2) is 10.8. The molecular weight excluding hydrogens is 499 g/mol. The van der Waals surface area contributed by atoms with Crippen molar-refractivity contribution < 1.29 is 23.9 Å². The van der Waals surface area contributed by atoms with Crippen molar-refractivity contribution in [3.63, 3.8) is 0 Å². The molecule has 0 atom stereocenters. The summed E-state index contributed by atoms with van der Waals surface area (Å²) < 4.78 is 5.66. The lowest BCUT2D eigenvalue weighted by Crippen LogP contribution is -2.25. The molecule has 36 heavy (non-hydrogen) atoms. The molecule has 3 aromatic rings. The van der Waals surface area contributed by atoms with E-state index in [1.165, 1.54) is 12.1 Å². The smallest absolute Gasteiger partial charge is 0.380 e. The maximum Gasteiger partial charge on any atom is 0.380 e. The summed E-state index contributed by atoms with van der Waals surface area (Å²) in [5.41, 5.74) is 2.07. The summed E-state index contributed by atoms with van der Waals surface area (Å²) in [6, 6.07) is 21.0. The maximum absolute atomic E-state index is 12.8. The van der Waals surface area contributed by atoms with Gasteiger partial charge in [-0.1, -0.05) is 78.9 Å². The van der Waals surface area contributed by atoms with Crippen LogP contribution in [0.2, 0.25) is 0 Å². The van der Waals surface area contributed by atoms with Crippen LogP contribution in [0.15, 0.2) is 78.9 Å². The summed E-state index contributed by atoms with van der Waals surface area (Å²) in [5, 5.41) is 0. The standard InChI is InChI=1S/C29H26Cl2O5/c1-28(2,30)25(33)21-14-10-19(11-15-21)24(36-27(35)23(32)18-8-6-5-7-9-18)20-12-16-22(17-13-20)26(34)29(3,4)31/h5-17,24H,1-4H3. The molecule has 0 aromatic heterocycles. The van der Waals surface area contributed by atoms with Crippen molar-refractivity contribution in [3.8, 4) is 0 Å². The molecule has 0 fully saturated rings. The molecule has 186 valence electrons. The van der Waals surface area contributed by atoms with Gasteiger partial charge >= 0.3 is 5.97 Å². The van der Waals surface area contributed by atoms with Gasteiger partial charge in [0.2, 0.25) is 0 Å². The number of rotatable bonds is 9. The zero-order chi connectivity index (χ0) is 26.7. The van der Waals surface area contributed by atoms with Crippen LogP contribution in [-0.2, 0) is 9.53 Å². The lowest BCUT2D eigenvalue weighted by molar-refractivity contribution is -0.141. The summed E-state index contributed by atoms with van der Waals surface area (Å²) in [5.74, 6) is -2.33. The number of Topliss-reactive ketones (excluding diaryl/α,β-unsaturated/α-hetero) is 3. The van der Waals surface area contributed by atoms with E-state index in [9.17, 15) is 19.2 Å². The Morgan fingerprint density at radius 1 is 0.611 bits per heavy atom. The fourth-order valence-corrected chi connectivity index (χ4v) is 3.72. The van der Waals surface area contributed by atoms with Gasteiger partial charge in [-0.15, -0.1) is 23.2 Å². The fraction of sp³-hybridized carbons (Fsp3) is 0.241. The summed E-state index contributed by atoms with van der Waals surface area (Å²) in [4.78, 5) is 48.3.